The molecular formula is C25H26F2N2O2. The third kappa shape index (κ3) is 6.89. The molecule has 0 saturated heterocycles. The fourth-order valence-electron chi connectivity index (χ4n) is 3.40. The first-order valence-electron chi connectivity index (χ1n) is 10.2. The van der Waals surface area contributed by atoms with Crippen LogP contribution in [-0.4, -0.2) is 25.6 Å². The zero-order valence-corrected chi connectivity index (χ0v) is 17.4. The Morgan fingerprint density at radius 2 is 1.55 bits per heavy atom. The predicted octanol–water partition coefficient (Wildman–Crippen LogP) is 4.63. The number of hydrogen-bond acceptors (Lipinski definition) is 3. The van der Waals surface area contributed by atoms with E-state index in [9.17, 15) is 13.6 Å². The van der Waals surface area contributed by atoms with Crippen molar-refractivity contribution < 1.29 is 18.3 Å². The molecule has 0 spiro atoms. The Bertz CT molecular complexity index is 963. The normalized spacial score (nSPS) is 11.9. The van der Waals surface area contributed by atoms with Crippen LogP contribution in [0.2, 0.25) is 0 Å². The number of carbonyl (C=O) groups excluding carboxylic acids is 1. The maximum atomic E-state index is 12.4. The molecule has 0 fully saturated rings. The van der Waals surface area contributed by atoms with Crippen LogP contribution in [0.5, 0.6) is 5.75 Å². The van der Waals surface area contributed by atoms with Gasteiger partial charge in [0.1, 0.15) is 5.75 Å². The number of ether oxygens (including phenoxy) is 1. The van der Waals surface area contributed by atoms with Gasteiger partial charge in [0, 0.05) is 6.54 Å². The number of rotatable bonds is 10. The van der Waals surface area contributed by atoms with E-state index in [1.54, 1.807) is 12.1 Å². The van der Waals surface area contributed by atoms with Gasteiger partial charge in [0.15, 0.2) is 0 Å². The van der Waals surface area contributed by atoms with E-state index in [1.165, 1.54) is 23.3 Å². The van der Waals surface area contributed by atoms with E-state index >= 15 is 0 Å². The van der Waals surface area contributed by atoms with E-state index < -0.39 is 6.61 Å². The van der Waals surface area contributed by atoms with Crippen LogP contribution in [0.25, 0.3) is 0 Å². The summed E-state index contributed by atoms with van der Waals surface area (Å²) in [5.41, 5.74) is 4.24. The highest BCUT2D eigenvalue weighted by Gasteiger charge is 2.15. The highest BCUT2D eigenvalue weighted by Crippen LogP contribution is 2.24. The minimum Gasteiger partial charge on any atom is -0.435 e. The van der Waals surface area contributed by atoms with Crippen LogP contribution >= 0.6 is 0 Å². The summed E-state index contributed by atoms with van der Waals surface area (Å²) in [5, 5.41) is 6.21. The molecule has 31 heavy (non-hydrogen) atoms. The first-order chi connectivity index (χ1) is 15.0. The molecule has 162 valence electrons. The van der Waals surface area contributed by atoms with Gasteiger partial charge in [-0.15, -0.1) is 0 Å². The molecule has 1 amide bonds. The lowest BCUT2D eigenvalue weighted by molar-refractivity contribution is -0.120. The summed E-state index contributed by atoms with van der Waals surface area (Å²) in [6, 6.07) is 24.0. The third-order valence-electron chi connectivity index (χ3n) is 5.02. The quantitative estimate of drug-likeness (QED) is 0.499. The SMILES string of the molecule is Cc1ccccc1CCNC(=O)CN[C@H](c1ccccc1)c1ccc(OC(F)F)cc1. The Hall–Kier alpha value is -3.25. The smallest absolute Gasteiger partial charge is 0.387 e. The predicted molar refractivity (Wildman–Crippen MR) is 117 cm³/mol. The molecule has 0 aromatic heterocycles. The second-order valence-corrected chi connectivity index (χ2v) is 7.20. The summed E-state index contributed by atoms with van der Waals surface area (Å²) in [4.78, 5) is 12.4. The zero-order chi connectivity index (χ0) is 22.1. The van der Waals surface area contributed by atoms with Crippen molar-refractivity contribution in [3.8, 4) is 5.75 Å². The Morgan fingerprint density at radius 3 is 2.23 bits per heavy atom. The van der Waals surface area contributed by atoms with E-state index in [2.05, 4.69) is 34.4 Å². The van der Waals surface area contributed by atoms with Gasteiger partial charge in [0.25, 0.3) is 0 Å². The minimum absolute atomic E-state index is 0.0968. The minimum atomic E-state index is -2.86. The van der Waals surface area contributed by atoms with Crippen LogP contribution in [0.3, 0.4) is 0 Å². The monoisotopic (exact) mass is 424 g/mol. The molecule has 6 heteroatoms. The molecule has 3 aromatic rings. The Labute approximate surface area is 181 Å². The number of nitrogens with one attached hydrogen (secondary N) is 2. The Morgan fingerprint density at radius 1 is 0.903 bits per heavy atom. The van der Waals surface area contributed by atoms with Crippen molar-refractivity contribution in [2.24, 2.45) is 0 Å². The fourth-order valence-corrected chi connectivity index (χ4v) is 3.40. The van der Waals surface area contributed by atoms with Crippen molar-refractivity contribution in [3.63, 3.8) is 0 Å². The van der Waals surface area contributed by atoms with Crippen molar-refractivity contribution in [1.82, 2.24) is 10.6 Å². The van der Waals surface area contributed by atoms with Crippen molar-refractivity contribution in [3.05, 3.63) is 101 Å². The number of amides is 1. The maximum Gasteiger partial charge on any atom is 0.387 e. The Balaban J connectivity index is 1.60. The molecule has 0 unspecified atom stereocenters. The highest BCUT2D eigenvalue weighted by molar-refractivity contribution is 5.78. The van der Waals surface area contributed by atoms with Crippen LogP contribution in [-0.2, 0) is 11.2 Å². The van der Waals surface area contributed by atoms with E-state index in [0.29, 0.717) is 6.54 Å². The fraction of sp³-hybridized carbons (Fsp3) is 0.240. The number of carbonyl (C=O) groups is 1. The number of alkyl halides is 2. The van der Waals surface area contributed by atoms with Gasteiger partial charge < -0.3 is 10.1 Å². The second-order valence-electron chi connectivity index (χ2n) is 7.20. The molecule has 1 atom stereocenters. The summed E-state index contributed by atoms with van der Waals surface area (Å²) < 4.78 is 29.2. The van der Waals surface area contributed by atoms with Gasteiger partial charge in [-0.3, -0.25) is 10.1 Å². The summed E-state index contributed by atoms with van der Waals surface area (Å²) in [5.74, 6) is -0.00770. The summed E-state index contributed by atoms with van der Waals surface area (Å²) in [6.07, 6.45) is 0.770. The average Bonchev–Trinajstić information content (AvgIpc) is 2.77. The molecule has 0 aliphatic rings. The van der Waals surface area contributed by atoms with Crippen molar-refractivity contribution in [2.75, 3.05) is 13.1 Å². The maximum absolute atomic E-state index is 12.4. The van der Waals surface area contributed by atoms with Crippen molar-refractivity contribution in [2.45, 2.75) is 26.0 Å². The molecule has 0 radical (unpaired) electrons. The van der Waals surface area contributed by atoms with Crippen LogP contribution in [0.15, 0.2) is 78.9 Å². The lowest BCUT2D eigenvalue weighted by Gasteiger charge is -2.20. The van der Waals surface area contributed by atoms with Crippen LogP contribution in [0, 0.1) is 6.92 Å². The van der Waals surface area contributed by atoms with Gasteiger partial charge in [0.2, 0.25) is 5.91 Å². The molecule has 0 aliphatic carbocycles. The molecule has 2 N–H and O–H groups in total. The molecule has 0 heterocycles. The lowest BCUT2D eigenvalue weighted by atomic mass is 9.98. The van der Waals surface area contributed by atoms with Gasteiger partial charge in [0.05, 0.1) is 12.6 Å². The highest BCUT2D eigenvalue weighted by atomic mass is 19.3. The topological polar surface area (TPSA) is 50.4 Å². The van der Waals surface area contributed by atoms with Crippen LogP contribution < -0.4 is 15.4 Å². The average molecular weight is 424 g/mol. The van der Waals surface area contributed by atoms with Crippen LogP contribution in [0.4, 0.5) is 8.78 Å². The second kappa shape index (κ2) is 11.2. The lowest BCUT2D eigenvalue weighted by Crippen LogP contribution is -2.37. The van der Waals surface area contributed by atoms with Crippen LogP contribution in [0.1, 0.15) is 28.3 Å². The first kappa shape index (κ1) is 22.4. The van der Waals surface area contributed by atoms with Gasteiger partial charge in [-0.1, -0.05) is 66.7 Å². The first-order valence-corrected chi connectivity index (χ1v) is 10.2. The van der Waals surface area contributed by atoms with E-state index in [4.69, 9.17) is 0 Å². The third-order valence-corrected chi connectivity index (χ3v) is 5.02. The van der Waals surface area contributed by atoms with Crippen molar-refractivity contribution >= 4 is 5.91 Å². The molecule has 0 bridgehead atoms. The Kier molecular flexibility index (Phi) is 8.12. The van der Waals surface area contributed by atoms with E-state index in [0.717, 1.165) is 17.5 Å². The number of halogens is 2. The summed E-state index contributed by atoms with van der Waals surface area (Å²) in [6.45, 7) is -0.123. The molecule has 3 rings (SSSR count). The molecule has 3 aromatic carbocycles. The van der Waals surface area contributed by atoms with Gasteiger partial charge in [-0.25, -0.2) is 0 Å². The summed E-state index contributed by atoms with van der Waals surface area (Å²) >= 11 is 0. The standard InChI is InChI=1S/C25H26F2N2O2/c1-18-7-5-6-8-19(18)15-16-28-23(30)17-29-24(20-9-3-2-4-10-20)21-11-13-22(14-12-21)31-25(26)27/h2-14,24-25,29H,15-17H2,1H3,(H,28,30)/t24-/m1/s1. The van der Waals surface area contributed by atoms with E-state index in [1.807, 2.05) is 42.5 Å². The van der Waals surface area contributed by atoms with E-state index in [-0.39, 0.29) is 24.2 Å². The van der Waals surface area contributed by atoms with Gasteiger partial charge in [-0.2, -0.15) is 8.78 Å². The van der Waals surface area contributed by atoms with Crippen molar-refractivity contribution in [1.29, 1.82) is 0 Å². The molecular weight excluding hydrogens is 398 g/mol. The number of benzene rings is 3. The number of aryl methyl sites for hydroxylation is 1. The zero-order valence-electron chi connectivity index (χ0n) is 17.4. The largest absolute Gasteiger partial charge is 0.435 e. The summed E-state index contributed by atoms with van der Waals surface area (Å²) in [7, 11) is 0. The van der Waals surface area contributed by atoms with Gasteiger partial charge in [-0.05, 0) is 47.7 Å². The number of hydrogen-bond donors (Lipinski definition) is 2. The molecule has 0 saturated carbocycles. The molecule has 0 aliphatic heterocycles. The van der Waals surface area contributed by atoms with Gasteiger partial charge >= 0.3 is 6.61 Å². The molecule has 4 nitrogen and oxygen atoms in total.